The molecule has 2 bridgehead atoms. The van der Waals surface area contributed by atoms with Crippen LogP contribution in [0.5, 0.6) is 0 Å². The summed E-state index contributed by atoms with van der Waals surface area (Å²) in [6.45, 7) is 8.08. The van der Waals surface area contributed by atoms with Crippen LogP contribution in [0, 0.1) is 6.92 Å². The number of imidazole rings is 1. The van der Waals surface area contributed by atoms with E-state index in [-0.39, 0.29) is 17.9 Å². The number of amides is 2. The van der Waals surface area contributed by atoms with Gasteiger partial charge in [-0.05, 0) is 51.2 Å². The number of rotatable bonds is 7. The maximum atomic E-state index is 12.2. The van der Waals surface area contributed by atoms with E-state index in [4.69, 9.17) is 16.6 Å². The number of carbonyl (C=O) groups is 2. The number of nitrogens with zero attached hydrogens (tertiary/aromatic N) is 4. The van der Waals surface area contributed by atoms with Crippen LogP contribution >= 0.6 is 22.9 Å². The van der Waals surface area contributed by atoms with Crippen molar-refractivity contribution < 1.29 is 9.59 Å². The molecule has 4 atom stereocenters. The summed E-state index contributed by atoms with van der Waals surface area (Å²) in [5.74, 6) is 1.32. The molecule has 0 saturated carbocycles. The second-order valence-corrected chi connectivity index (χ2v) is 12.0. The van der Waals surface area contributed by atoms with Crippen LogP contribution in [-0.4, -0.2) is 56.3 Å². The molecule has 5 heterocycles. The highest BCUT2D eigenvalue weighted by Crippen LogP contribution is 2.43. The molecule has 3 aliphatic heterocycles. The van der Waals surface area contributed by atoms with Crippen molar-refractivity contribution in [2.24, 2.45) is 0 Å². The summed E-state index contributed by atoms with van der Waals surface area (Å²) in [6.07, 6.45) is 7.13. The van der Waals surface area contributed by atoms with Crippen molar-refractivity contribution in [2.75, 3.05) is 13.1 Å². The van der Waals surface area contributed by atoms with E-state index in [1.165, 1.54) is 18.5 Å². The Morgan fingerprint density at radius 3 is 2.60 bits per heavy atom. The second-order valence-electron chi connectivity index (χ2n) is 10.3. The summed E-state index contributed by atoms with van der Waals surface area (Å²) in [4.78, 5) is 34.7. The molecule has 1 unspecified atom stereocenters. The van der Waals surface area contributed by atoms with Gasteiger partial charge >= 0.3 is 0 Å². The minimum atomic E-state index is 0.000705. The molecule has 2 amide bonds. The lowest BCUT2D eigenvalue weighted by Crippen LogP contribution is -2.45. The molecule has 3 aliphatic rings. The number of fused-ring (bicyclic) bond motifs is 3. The number of thiophene rings is 1. The summed E-state index contributed by atoms with van der Waals surface area (Å²) in [7, 11) is 0. The van der Waals surface area contributed by atoms with Crippen LogP contribution in [0.1, 0.15) is 86.5 Å². The fraction of sp³-hybridized carbons (Fsp3) is 0.654. The zero-order valence-electron chi connectivity index (χ0n) is 20.9. The van der Waals surface area contributed by atoms with Crippen molar-refractivity contribution >= 4 is 34.8 Å². The number of carbonyl (C=O) groups excluding carboxylic acids is 2. The van der Waals surface area contributed by atoms with Gasteiger partial charge in [0, 0.05) is 61.6 Å². The van der Waals surface area contributed by atoms with Gasteiger partial charge in [-0.3, -0.25) is 14.5 Å². The van der Waals surface area contributed by atoms with Gasteiger partial charge in [-0.1, -0.05) is 18.5 Å². The number of hydrogen-bond donors (Lipinski definition) is 1. The lowest BCUT2D eigenvalue weighted by Gasteiger charge is -2.41. The number of piperidine rings is 1. The van der Waals surface area contributed by atoms with E-state index in [0.29, 0.717) is 31.1 Å². The summed E-state index contributed by atoms with van der Waals surface area (Å²) < 4.78 is 3.27. The molecule has 0 aliphatic carbocycles. The fourth-order valence-corrected chi connectivity index (χ4v) is 7.75. The molecule has 0 radical (unpaired) electrons. The molecule has 35 heavy (non-hydrogen) atoms. The van der Waals surface area contributed by atoms with Crippen LogP contribution in [0.15, 0.2) is 12.1 Å². The third kappa shape index (κ3) is 5.02. The number of aryl methyl sites for hydroxylation is 1. The number of halogens is 1. The van der Waals surface area contributed by atoms with Crippen molar-refractivity contribution in [1.82, 2.24) is 24.7 Å². The Kier molecular flexibility index (Phi) is 7.24. The van der Waals surface area contributed by atoms with Crippen LogP contribution in [0.2, 0.25) is 4.34 Å². The minimum absolute atomic E-state index is 0.000705. The monoisotopic (exact) mass is 517 g/mol. The van der Waals surface area contributed by atoms with E-state index in [2.05, 4.69) is 21.7 Å². The zero-order valence-corrected chi connectivity index (χ0v) is 22.5. The van der Waals surface area contributed by atoms with Gasteiger partial charge in [-0.25, -0.2) is 4.98 Å². The van der Waals surface area contributed by atoms with E-state index in [1.807, 2.05) is 24.0 Å². The van der Waals surface area contributed by atoms with Gasteiger partial charge < -0.3 is 14.8 Å². The Hall–Kier alpha value is -1.90. The summed E-state index contributed by atoms with van der Waals surface area (Å²) in [5, 5.41) is 3.13. The minimum Gasteiger partial charge on any atom is -0.349 e. The Morgan fingerprint density at radius 2 is 1.97 bits per heavy atom. The van der Waals surface area contributed by atoms with Gasteiger partial charge in [-0.15, -0.1) is 11.3 Å². The number of aromatic nitrogens is 2. The predicted molar refractivity (Wildman–Crippen MR) is 139 cm³/mol. The number of nitrogens with one attached hydrogen (secondary N) is 1. The molecule has 7 nitrogen and oxygen atoms in total. The quantitative estimate of drug-likeness (QED) is 0.581. The summed E-state index contributed by atoms with van der Waals surface area (Å²) in [5.41, 5.74) is 2.44. The molecule has 0 spiro atoms. The topological polar surface area (TPSA) is 70.5 Å². The van der Waals surface area contributed by atoms with Gasteiger partial charge in [-0.2, -0.15) is 0 Å². The summed E-state index contributed by atoms with van der Waals surface area (Å²) in [6, 6.07) is 5.59. The Bertz CT molecular complexity index is 1080. The molecule has 9 heteroatoms. The van der Waals surface area contributed by atoms with Crippen LogP contribution in [0.3, 0.4) is 0 Å². The van der Waals surface area contributed by atoms with Gasteiger partial charge in [0.25, 0.3) is 0 Å². The van der Waals surface area contributed by atoms with Crippen LogP contribution < -0.4 is 5.32 Å². The maximum Gasteiger partial charge on any atom is 0.222 e. The molecule has 190 valence electrons. The SMILES string of the molecule is CCC(=O)N1CCc2c(nc(C)n2C2C[C@H]3CC[C@@H](C2)N3CC[C@H](NC(C)=O)c2ccc(Cl)s2)C1. The van der Waals surface area contributed by atoms with E-state index >= 15 is 0 Å². The third-order valence-corrected chi connectivity index (χ3v) is 9.44. The highest BCUT2D eigenvalue weighted by atomic mass is 35.5. The molecule has 1 N–H and O–H groups in total. The Morgan fingerprint density at radius 1 is 1.23 bits per heavy atom. The van der Waals surface area contributed by atoms with Crippen LogP contribution in [-0.2, 0) is 22.6 Å². The molecule has 2 fully saturated rings. The average molecular weight is 518 g/mol. The Balaban J connectivity index is 1.26. The average Bonchev–Trinajstić information content (AvgIpc) is 3.47. The normalized spacial score (nSPS) is 24.9. The second kappa shape index (κ2) is 10.2. The fourth-order valence-electron chi connectivity index (χ4n) is 6.61. The highest BCUT2D eigenvalue weighted by molar-refractivity contribution is 7.16. The zero-order chi connectivity index (χ0) is 24.7. The third-order valence-electron chi connectivity index (χ3n) is 8.10. The van der Waals surface area contributed by atoms with Crippen molar-refractivity contribution in [3.05, 3.63) is 38.6 Å². The van der Waals surface area contributed by atoms with E-state index < -0.39 is 0 Å². The first kappa shape index (κ1) is 24.8. The van der Waals surface area contributed by atoms with Crippen LogP contribution in [0.25, 0.3) is 0 Å². The van der Waals surface area contributed by atoms with Crippen molar-refractivity contribution in [1.29, 1.82) is 0 Å². The molecule has 2 aromatic rings. The van der Waals surface area contributed by atoms with Gasteiger partial charge in [0.2, 0.25) is 11.8 Å². The lowest BCUT2D eigenvalue weighted by molar-refractivity contribution is -0.131. The van der Waals surface area contributed by atoms with E-state index in [9.17, 15) is 9.59 Å². The Labute approximate surface area is 216 Å². The molecular weight excluding hydrogens is 482 g/mol. The first-order valence-electron chi connectivity index (χ1n) is 13.0. The number of hydrogen-bond acceptors (Lipinski definition) is 5. The largest absolute Gasteiger partial charge is 0.349 e. The van der Waals surface area contributed by atoms with Crippen molar-refractivity contribution in [2.45, 2.75) is 96.4 Å². The first-order valence-corrected chi connectivity index (χ1v) is 14.2. The molecule has 0 aromatic carbocycles. The molecular formula is C26H36ClN5O2S. The molecule has 2 saturated heterocycles. The summed E-state index contributed by atoms with van der Waals surface area (Å²) >= 11 is 7.73. The van der Waals surface area contributed by atoms with Crippen molar-refractivity contribution in [3.63, 3.8) is 0 Å². The standard InChI is InChI=1S/C26H36ClN5O2S/c1-4-26(34)30-11-10-23-22(15-30)28-16(2)32(23)20-13-18-5-6-19(14-20)31(18)12-9-21(29-17(3)33)24-7-8-25(27)35-24/h7-8,18-21H,4-6,9-15H2,1-3H3,(H,29,33)/t18-,19+,20?,21-/m0/s1. The predicted octanol–water partition coefficient (Wildman–Crippen LogP) is 4.64. The highest BCUT2D eigenvalue weighted by Gasteiger charge is 2.42. The smallest absolute Gasteiger partial charge is 0.222 e. The lowest BCUT2D eigenvalue weighted by atomic mass is 9.95. The maximum absolute atomic E-state index is 12.2. The van der Waals surface area contributed by atoms with Crippen LogP contribution in [0.4, 0.5) is 0 Å². The van der Waals surface area contributed by atoms with Crippen molar-refractivity contribution in [3.8, 4) is 0 Å². The van der Waals surface area contributed by atoms with Gasteiger partial charge in [0.15, 0.2) is 0 Å². The molecule has 2 aromatic heterocycles. The first-order chi connectivity index (χ1) is 16.8. The van der Waals surface area contributed by atoms with Gasteiger partial charge in [0.05, 0.1) is 22.6 Å². The van der Waals surface area contributed by atoms with Gasteiger partial charge in [0.1, 0.15) is 5.82 Å². The molecule has 5 rings (SSSR count). The van der Waals surface area contributed by atoms with E-state index in [0.717, 1.165) is 59.5 Å². The van der Waals surface area contributed by atoms with E-state index in [1.54, 1.807) is 18.3 Å².